The van der Waals surface area contributed by atoms with Gasteiger partial charge in [0, 0.05) is 35.0 Å². The number of carbonyl (C=O) groups excluding carboxylic acids is 2. The number of hydrogen-bond acceptors (Lipinski definition) is 5. The van der Waals surface area contributed by atoms with Crippen molar-refractivity contribution >= 4 is 40.2 Å². The molecule has 0 atom stereocenters. The zero-order chi connectivity index (χ0) is 23.3. The normalized spacial score (nSPS) is 17.1. The lowest BCUT2D eigenvalue weighted by molar-refractivity contribution is 0.0303. The van der Waals surface area contributed by atoms with Crippen molar-refractivity contribution in [3.8, 4) is 0 Å². The summed E-state index contributed by atoms with van der Waals surface area (Å²) in [6.07, 6.45) is 6.36. The molecule has 1 saturated heterocycles. The molecule has 1 saturated carbocycles. The highest BCUT2D eigenvalue weighted by Crippen LogP contribution is 2.35. The molecule has 1 aliphatic heterocycles. The number of thioether (sulfide) groups is 1. The standard InChI is InChI=1S/C27H30N2O4S/c30-26(28-23-12-6-4-11-21(23)27(31)29-14-16-32-17-15-29)25-22(18-34-19-8-2-1-3-9-19)20-10-5-7-13-24(20)33-25/h4-7,10-13,19H,1-3,8-9,14-18H2,(H,28,30). The number of morpholine rings is 1. The van der Waals surface area contributed by atoms with Crippen molar-refractivity contribution in [2.75, 3.05) is 31.6 Å². The molecule has 2 fully saturated rings. The van der Waals surface area contributed by atoms with Crippen molar-refractivity contribution in [2.24, 2.45) is 0 Å². The molecule has 0 radical (unpaired) electrons. The first-order valence-electron chi connectivity index (χ1n) is 12.1. The summed E-state index contributed by atoms with van der Waals surface area (Å²) < 4.78 is 11.4. The van der Waals surface area contributed by atoms with Gasteiger partial charge in [0.2, 0.25) is 0 Å². The molecule has 0 bridgehead atoms. The molecule has 2 heterocycles. The summed E-state index contributed by atoms with van der Waals surface area (Å²) in [5, 5.41) is 4.58. The van der Waals surface area contributed by atoms with E-state index in [1.807, 2.05) is 48.2 Å². The highest BCUT2D eigenvalue weighted by molar-refractivity contribution is 7.99. The number of anilines is 1. The van der Waals surface area contributed by atoms with E-state index in [1.54, 1.807) is 17.0 Å². The number of amides is 2. The van der Waals surface area contributed by atoms with Gasteiger partial charge in [-0.25, -0.2) is 0 Å². The maximum atomic E-state index is 13.4. The molecular formula is C27H30N2O4S. The van der Waals surface area contributed by atoms with Crippen LogP contribution in [-0.2, 0) is 10.5 Å². The number of carbonyl (C=O) groups is 2. The van der Waals surface area contributed by atoms with Gasteiger partial charge in [0.25, 0.3) is 11.8 Å². The van der Waals surface area contributed by atoms with Crippen molar-refractivity contribution in [2.45, 2.75) is 43.1 Å². The second-order valence-electron chi connectivity index (χ2n) is 8.88. The third-order valence-corrected chi connectivity index (χ3v) is 8.02. The highest BCUT2D eigenvalue weighted by Gasteiger charge is 2.25. The number of para-hydroxylation sites is 2. The Morgan fingerprint density at radius 1 is 0.971 bits per heavy atom. The second kappa shape index (κ2) is 10.7. The maximum Gasteiger partial charge on any atom is 0.291 e. The van der Waals surface area contributed by atoms with Crippen LogP contribution >= 0.6 is 11.8 Å². The fourth-order valence-corrected chi connectivity index (χ4v) is 6.11. The van der Waals surface area contributed by atoms with Gasteiger partial charge in [0.05, 0.1) is 24.5 Å². The lowest BCUT2D eigenvalue weighted by Gasteiger charge is -2.27. The summed E-state index contributed by atoms with van der Waals surface area (Å²) in [6, 6.07) is 15.0. The van der Waals surface area contributed by atoms with Gasteiger partial charge in [-0.1, -0.05) is 49.6 Å². The van der Waals surface area contributed by atoms with Crippen molar-refractivity contribution in [1.82, 2.24) is 4.90 Å². The minimum Gasteiger partial charge on any atom is -0.451 e. The van der Waals surface area contributed by atoms with Crippen LogP contribution in [0.25, 0.3) is 11.0 Å². The lowest BCUT2D eigenvalue weighted by Crippen LogP contribution is -2.41. The molecule has 2 aliphatic rings. The number of rotatable bonds is 6. The van der Waals surface area contributed by atoms with Gasteiger partial charge >= 0.3 is 0 Å². The molecule has 5 rings (SSSR count). The van der Waals surface area contributed by atoms with Crippen LogP contribution in [0.1, 0.15) is 58.6 Å². The molecule has 2 amide bonds. The number of nitrogens with one attached hydrogen (secondary N) is 1. The minimum atomic E-state index is -0.322. The van der Waals surface area contributed by atoms with Crippen LogP contribution in [0.15, 0.2) is 52.9 Å². The zero-order valence-electron chi connectivity index (χ0n) is 19.3. The first-order valence-corrected chi connectivity index (χ1v) is 13.1. The maximum absolute atomic E-state index is 13.4. The van der Waals surface area contributed by atoms with Crippen LogP contribution in [-0.4, -0.2) is 48.3 Å². The zero-order valence-corrected chi connectivity index (χ0v) is 20.1. The van der Waals surface area contributed by atoms with Crippen molar-refractivity contribution < 1.29 is 18.7 Å². The monoisotopic (exact) mass is 478 g/mol. The van der Waals surface area contributed by atoms with E-state index < -0.39 is 0 Å². The molecule has 1 aromatic heterocycles. The summed E-state index contributed by atoms with van der Waals surface area (Å²) in [5.41, 5.74) is 2.62. The molecule has 3 aromatic rings. The topological polar surface area (TPSA) is 71.8 Å². The molecule has 0 unspecified atom stereocenters. The first kappa shape index (κ1) is 23.0. The number of hydrogen-bond donors (Lipinski definition) is 1. The quantitative estimate of drug-likeness (QED) is 0.490. The summed E-state index contributed by atoms with van der Waals surface area (Å²) in [4.78, 5) is 28.3. The van der Waals surface area contributed by atoms with Gasteiger partial charge in [-0.3, -0.25) is 9.59 Å². The minimum absolute atomic E-state index is 0.100. The molecule has 0 spiro atoms. The second-order valence-corrected chi connectivity index (χ2v) is 10.2. The van der Waals surface area contributed by atoms with Crippen LogP contribution in [0.3, 0.4) is 0 Å². The Kier molecular flexibility index (Phi) is 7.21. The van der Waals surface area contributed by atoms with E-state index in [-0.39, 0.29) is 11.8 Å². The van der Waals surface area contributed by atoms with Gasteiger partial charge in [-0.2, -0.15) is 11.8 Å². The molecule has 1 aliphatic carbocycles. The Balaban J connectivity index is 1.39. The lowest BCUT2D eigenvalue weighted by atomic mass is 10.0. The molecule has 2 aromatic carbocycles. The summed E-state index contributed by atoms with van der Waals surface area (Å²) >= 11 is 1.92. The fraction of sp³-hybridized carbons (Fsp3) is 0.407. The van der Waals surface area contributed by atoms with Crippen molar-refractivity contribution in [3.05, 3.63) is 65.4 Å². The number of fused-ring (bicyclic) bond motifs is 1. The number of benzene rings is 2. The molecular weight excluding hydrogens is 448 g/mol. The van der Waals surface area contributed by atoms with Crippen LogP contribution in [0.4, 0.5) is 5.69 Å². The molecule has 1 N–H and O–H groups in total. The highest BCUT2D eigenvalue weighted by atomic mass is 32.2. The van der Waals surface area contributed by atoms with E-state index in [4.69, 9.17) is 9.15 Å². The predicted molar refractivity (Wildman–Crippen MR) is 135 cm³/mol. The Bertz CT molecular complexity index is 1160. The molecule has 6 nitrogen and oxygen atoms in total. The van der Waals surface area contributed by atoms with Crippen LogP contribution in [0.5, 0.6) is 0 Å². The van der Waals surface area contributed by atoms with E-state index in [9.17, 15) is 9.59 Å². The fourth-order valence-electron chi connectivity index (χ4n) is 4.75. The van der Waals surface area contributed by atoms with Gasteiger partial charge in [-0.15, -0.1) is 0 Å². The van der Waals surface area contributed by atoms with Gasteiger partial charge in [0.1, 0.15) is 5.58 Å². The average molecular weight is 479 g/mol. The van der Waals surface area contributed by atoms with E-state index in [0.29, 0.717) is 54.1 Å². The predicted octanol–water partition coefficient (Wildman–Crippen LogP) is 5.72. The summed E-state index contributed by atoms with van der Waals surface area (Å²) in [7, 11) is 0. The average Bonchev–Trinajstić information content (AvgIpc) is 3.27. The van der Waals surface area contributed by atoms with E-state index >= 15 is 0 Å². The molecule has 34 heavy (non-hydrogen) atoms. The van der Waals surface area contributed by atoms with Crippen LogP contribution in [0, 0.1) is 0 Å². The summed E-state index contributed by atoms with van der Waals surface area (Å²) in [6.45, 7) is 2.16. The Labute approximate surface area is 204 Å². The SMILES string of the molecule is O=C(Nc1ccccc1C(=O)N1CCOCC1)c1oc2ccccc2c1CSC1CCCCC1. The van der Waals surface area contributed by atoms with Gasteiger partial charge in [0.15, 0.2) is 5.76 Å². The van der Waals surface area contributed by atoms with Crippen LogP contribution in [0.2, 0.25) is 0 Å². The Morgan fingerprint density at radius 2 is 1.71 bits per heavy atom. The largest absolute Gasteiger partial charge is 0.451 e. The van der Waals surface area contributed by atoms with Crippen LogP contribution < -0.4 is 5.32 Å². The third-order valence-electron chi connectivity index (χ3n) is 6.62. The van der Waals surface area contributed by atoms with E-state index in [2.05, 4.69) is 5.32 Å². The Morgan fingerprint density at radius 3 is 2.53 bits per heavy atom. The third kappa shape index (κ3) is 5.00. The molecule has 7 heteroatoms. The number of nitrogens with zero attached hydrogens (tertiary/aromatic N) is 1. The smallest absolute Gasteiger partial charge is 0.291 e. The van der Waals surface area contributed by atoms with E-state index in [1.165, 1.54) is 32.1 Å². The number of ether oxygens (including phenoxy) is 1. The van der Waals surface area contributed by atoms with Gasteiger partial charge < -0.3 is 19.4 Å². The number of furan rings is 1. The summed E-state index contributed by atoms with van der Waals surface area (Å²) in [5.74, 6) is 0.645. The Hall–Kier alpha value is -2.77. The van der Waals surface area contributed by atoms with Crippen molar-refractivity contribution in [3.63, 3.8) is 0 Å². The van der Waals surface area contributed by atoms with E-state index in [0.717, 1.165) is 16.7 Å². The van der Waals surface area contributed by atoms with Gasteiger partial charge in [-0.05, 0) is 31.0 Å². The molecule has 178 valence electrons. The van der Waals surface area contributed by atoms with Crippen molar-refractivity contribution in [1.29, 1.82) is 0 Å². The first-order chi connectivity index (χ1) is 16.7.